The molecule has 0 unspecified atom stereocenters. The van der Waals surface area contributed by atoms with Gasteiger partial charge in [0.05, 0.1) is 0 Å². The van der Waals surface area contributed by atoms with Crippen LogP contribution in [-0.4, -0.2) is 11.9 Å². The maximum atomic E-state index is 12.0. The maximum Gasteiger partial charge on any atom is 0.311 e. The van der Waals surface area contributed by atoms with E-state index in [1.165, 1.54) is 0 Å². The predicted molar refractivity (Wildman–Crippen MR) is 95.2 cm³/mol. The van der Waals surface area contributed by atoms with E-state index < -0.39 is 0 Å². The normalized spacial score (nSPS) is 11.2. The van der Waals surface area contributed by atoms with Crippen LogP contribution in [0.1, 0.15) is 59.9 Å². The Hall–Kier alpha value is -1.84. The molecular formula is C20H30O4. The Morgan fingerprint density at radius 2 is 1.29 bits per heavy atom. The van der Waals surface area contributed by atoms with Crippen LogP contribution < -0.4 is 9.47 Å². The third kappa shape index (κ3) is 7.62. The summed E-state index contributed by atoms with van der Waals surface area (Å²) in [6.45, 7) is 12.1. The van der Waals surface area contributed by atoms with Crippen LogP contribution in [0.3, 0.4) is 0 Å². The van der Waals surface area contributed by atoms with E-state index in [-0.39, 0.29) is 23.8 Å². The van der Waals surface area contributed by atoms with Crippen LogP contribution in [0, 0.1) is 17.8 Å². The molecule has 0 spiro atoms. The number of hydrogen-bond donors (Lipinski definition) is 0. The average molecular weight is 334 g/mol. The zero-order valence-electron chi connectivity index (χ0n) is 15.7. The van der Waals surface area contributed by atoms with E-state index in [0.717, 1.165) is 12.0 Å². The molecule has 4 nitrogen and oxygen atoms in total. The first-order valence-corrected chi connectivity index (χ1v) is 8.71. The van der Waals surface area contributed by atoms with Crippen molar-refractivity contribution in [3.63, 3.8) is 0 Å². The molecule has 1 aromatic carbocycles. The van der Waals surface area contributed by atoms with Crippen molar-refractivity contribution in [2.75, 3.05) is 0 Å². The number of rotatable bonds is 8. The Labute approximate surface area is 145 Å². The van der Waals surface area contributed by atoms with Crippen LogP contribution >= 0.6 is 0 Å². The minimum atomic E-state index is -0.317. The van der Waals surface area contributed by atoms with E-state index in [2.05, 4.69) is 13.8 Å². The highest BCUT2D eigenvalue weighted by Crippen LogP contribution is 2.30. The number of ether oxygens (including phenoxy) is 2. The van der Waals surface area contributed by atoms with E-state index in [0.29, 0.717) is 30.3 Å². The van der Waals surface area contributed by atoms with Crippen LogP contribution in [-0.2, 0) is 16.0 Å². The highest BCUT2D eigenvalue weighted by Gasteiger charge is 2.16. The molecule has 0 aliphatic rings. The highest BCUT2D eigenvalue weighted by atomic mass is 16.6. The second-order valence-corrected chi connectivity index (χ2v) is 7.52. The molecule has 134 valence electrons. The van der Waals surface area contributed by atoms with Gasteiger partial charge in [-0.25, -0.2) is 0 Å². The van der Waals surface area contributed by atoms with Crippen molar-refractivity contribution in [2.24, 2.45) is 17.8 Å². The molecule has 0 radical (unpaired) electrons. The number of carbonyl (C=O) groups excluding carboxylic acids is 2. The van der Waals surface area contributed by atoms with E-state index >= 15 is 0 Å². The Bertz CT molecular complexity index is 559. The Kier molecular flexibility index (Phi) is 7.96. The summed E-state index contributed by atoms with van der Waals surface area (Å²) in [6, 6.07) is 5.43. The van der Waals surface area contributed by atoms with Crippen molar-refractivity contribution in [3.05, 3.63) is 23.8 Å². The van der Waals surface area contributed by atoms with E-state index in [1.54, 1.807) is 12.1 Å². The fraction of sp³-hybridized carbons (Fsp3) is 0.600. The molecule has 0 aliphatic heterocycles. The standard InChI is InChI=1S/C20H30O4/c1-13(2)9-16-7-8-17(23-19(21)10-14(3)4)18(12-16)24-20(22)11-15(5)6/h7-8,12-15H,9-11H2,1-6H3. The lowest BCUT2D eigenvalue weighted by atomic mass is 10.0. The van der Waals surface area contributed by atoms with Crippen molar-refractivity contribution >= 4 is 11.9 Å². The van der Waals surface area contributed by atoms with Crippen LogP contribution in [0.15, 0.2) is 18.2 Å². The van der Waals surface area contributed by atoms with Crippen LogP contribution in [0.4, 0.5) is 0 Å². The zero-order chi connectivity index (χ0) is 18.3. The second-order valence-electron chi connectivity index (χ2n) is 7.52. The van der Waals surface area contributed by atoms with Crippen molar-refractivity contribution in [3.8, 4) is 11.5 Å². The summed E-state index contributed by atoms with van der Waals surface area (Å²) in [5.74, 6) is 0.920. The highest BCUT2D eigenvalue weighted by molar-refractivity contribution is 5.76. The molecule has 4 heteroatoms. The summed E-state index contributed by atoms with van der Waals surface area (Å²) in [5, 5.41) is 0. The van der Waals surface area contributed by atoms with Gasteiger partial charge < -0.3 is 9.47 Å². The van der Waals surface area contributed by atoms with Gasteiger partial charge in [-0.2, -0.15) is 0 Å². The van der Waals surface area contributed by atoms with Crippen LogP contribution in [0.25, 0.3) is 0 Å². The summed E-state index contributed by atoms with van der Waals surface area (Å²) in [7, 11) is 0. The fourth-order valence-electron chi connectivity index (χ4n) is 2.31. The van der Waals surface area contributed by atoms with Gasteiger partial charge in [0, 0.05) is 12.8 Å². The first-order chi connectivity index (χ1) is 11.2. The molecule has 0 atom stereocenters. The minimum absolute atomic E-state index is 0.211. The molecule has 0 aromatic heterocycles. The smallest absolute Gasteiger partial charge is 0.311 e. The van der Waals surface area contributed by atoms with Gasteiger partial charge in [-0.15, -0.1) is 0 Å². The lowest BCUT2D eigenvalue weighted by molar-refractivity contribution is -0.138. The first kappa shape index (κ1) is 20.2. The Morgan fingerprint density at radius 1 is 0.792 bits per heavy atom. The average Bonchev–Trinajstić information content (AvgIpc) is 2.39. The topological polar surface area (TPSA) is 52.6 Å². The molecule has 0 bridgehead atoms. The summed E-state index contributed by atoms with van der Waals surface area (Å²) < 4.78 is 10.9. The van der Waals surface area contributed by atoms with Gasteiger partial charge in [0.2, 0.25) is 0 Å². The Morgan fingerprint density at radius 3 is 1.75 bits per heavy atom. The van der Waals surface area contributed by atoms with Gasteiger partial charge in [-0.1, -0.05) is 47.6 Å². The quantitative estimate of drug-likeness (QED) is 0.507. The van der Waals surface area contributed by atoms with E-state index in [9.17, 15) is 9.59 Å². The number of hydrogen-bond acceptors (Lipinski definition) is 4. The largest absolute Gasteiger partial charge is 0.423 e. The van der Waals surface area contributed by atoms with Crippen LogP contribution in [0.5, 0.6) is 11.5 Å². The molecule has 0 heterocycles. The van der Waals surface area contributed by atoms with Gasteiger partial charge in [-0.05, 0) is 41.9 Å². The lowest BCUT2D eigenvalue weighted by Gasteiger charge is -2.14. The maximum absolute atomic E-state index is 12.0. The molecule has 0 saturated carbocycles. The summed E-state index contributed by atoms with van der Waals surface area (Å²) in [6.07, 6.45) is 1.52. The number of benzene rings is 1. The molecule has 1 rings (SSSR count). The third-order valence-corrected chi connectivity index (χ3v) is 3.25. The van der Waals surface area contributed by atoms with E-state index in [1.807, 2.05) is 33.8 Å². The fourth-order valence-corrected chi connectivity index (χ4v) is 2.31. The third-order valence-electron chi connectivity index (χ3n) is 3.25. The van der Waals surface area contributed by atoms with E-state index in [4.69, 9.17) is 9.47 Å². The molecule has 0 saturated heterocycles. The summed E-state index contributed by atoms with van der Waals surface area (Å²) >= 11 is 0. The SMILES string of the molecule is CC(C)CC(=O)Oc1ccc(CC(C)C)cc1OC(=O)CC(C)C. The predicted octanol–water partition coefficient (Wildman–Crippen LogP) is 4.79. The van der Waals surface area contributed by atoms with Crippen molar-refractivity contribution < 1.29 is 19.1 Å². The molecule has 24 heavy (non-hydrogen) atoms. The number of esters is 2. The van der Waals surface area contributed by atoms with Gasteiger partial charge in [-0.3, -0.25) is 9.59 Å². The van der Waals surface area contributed by atoms with Crippen molar-refractivity contribution in [1.82, 2.24) is 0 Å². The van der Waals surface area contributed by atoms with Crippen LogP contribution in [0.2, 0.25) is 0 Å². The molecule has 0 aliphatic carbocycles. The first-order valence-electron chi connectivity index (χ1n) is 8.71. The van der Waals surface area contributed by atoms with Gasteiger partial charge in [0.15, 0.2) is 11.5 Å². The molecular weight excluding hydrogens is 304 g/mol. The lowest BCUT2D eigenvalue weighted by Crippen LogP contribution is -2.15. The molecule has 1 aromatic rings. The zero-order valence-corrected chi connectivity index (χ0v) is 15.7. The summed E-state index contributed by atoms with van der Waals surface area (Å²) in [5.41, 5.74) is 1.06. The molecule has 0 amide bonds. The minimum Gasteiger partial charge on any atom is -0.423 e. The van der Waals surface area contributed by atoms with Gasteiger partial charge >= 0.3 is 11.9 Å². The van der Waals surface area contributed by atoms with Crippen molar-refractivity contribution in [1.29, 1.82) is 0 Å². The molecule has 0 fully saturated rings. The van der Waals surface area contributed by atoms with Gasteiger partial charge in [0.25, 0.3) is 0 Å². The second kappa shape index (κ2) is 9.45. The number of carbonyl (C=O) groups is 2. The van der Waals surface area contributed by atoms with Crippen molar-refractivity contribution in [2.45, 2.75) is 60.8 Å². The van der Waals surface area contributed by atoms with Gasteiger partial charge in [0.1, 0.15) is 0 Å². The summed E-state index contributed by atoms with van der Waals surface area (Å²) in [4.78, 5) is 23.9. The molecule has 0 N–H and O–H groups in total. The monoisotopic (exact) mass is 334 g/mol. The Balaban J connectivity index is 2.98.